The highest BCUT2D eigenvalue weighted by atomic mass is 16.5. The second-order valence-corrected chi connectivity index (χ2v) is 6.28. The van der Waals surface area contributed by atoms with E-state index in [1.807, 2.05) is 24.4 Å². The standard InChI is InChI=1S/C20H21N3O2/c1-13-9-14-10-15(24-2)12-25-20(14)19(13)16(11-18-22-7-8-23-18)17-5-3-4-6-21-17/h3-6,9-10,12,16H,7-8,11H2,1-2H3,(H,22,23). The number of aliphatic imine (C=N–C) groups is 1. The molecule has 0 saturated heterocycles. The molecule has 1 atom stereocenters. The van der Waals surface area contributed by atoms with Gasteiger partial charge in [0.05, 0.1) is 19.5 Å². The Balaban J connectivity index is 1.81. The maximum absolute atomic E-state index is 5.94. The van der Waals surface area contributed by atoms with Crippen molar-refractivity contribution in [2.24, 2.45) is 4.99 Å². The van der Waals surface area contributed by atoms with Crippen LogP contribution >= 0.6 is 0 Å². The molecule has 3 aliphatic rings. The average molecular weight is 335 g/mol. The first-order chi connectivity index (χ1) is 12.3. The fraction of sp³-hybridized carbons (Fsp3) is 0.300. The molecule has 0 radical (unpaired) electrons. The van der Waals surface area contributed by atoms with Gasteiger partial charge in [-0.05, 0) is 36.8 Å². The predicted octanol–water partition coefficient (Wildman–Crippen LogP) is 3.62. The van der Waals surface area contributed by atoms with E-state index in [-0.39, 0.29) is 5.92 Å². The third-order valence-corrected chi connectivity index (χ3v) is 4.66. The molecule has 0 fully saturated rings. The minimum atomic E-state index is 0.0974. The number of methoxy groups -OCH3 is 1. The Hall–Kier alpha value is -2.82. The van der Waals surface area contributed by atoms with Crippen LogP contribution in [0.5, 0.6) is 5.75 Å². The van der Waals surface area contributed by atoms with Crippen molar-refractivity contribution < 1.29 is 9.15 Å². The fourth-order valence-electron chi connectivity index (χ4n) is 3.51. The highest BCUT2D eigenvalue weighted by Gasteiger charge is 2.28. The number of aromatic nitrogens is 1. The second kappa shape index (κ2) is 6.59. The monoisotopic (exact) mass is 335 g/mol. The summed E-state index contributed by atoms with van der Waals surface area (Å²) >= 11 is 0. The van der Waals surface area contributed by atoms with Crippen LogP contribution in [-0.4, -0.2) is 31.0 Å². The van der Waals surface area contributed by atoms with Gasteiger partial charge in [-0.15, -0.1) is 0 Å². The molecule has 5 heteroatoms. The zero-order chi connectivity index (χ0) is 17.2. The molecule has 0 saturated carbocycles. The minimum absolute atomic E-state index is 0.0974. The number of hydrogen-bond acceptors (Lipinski definition) is 5. The van der Waals surface area contributed by atoms with Crippen molar-refractivity contribution in [3.05, 3.63) is 59.6 Å². The van der Waals surface area contributed by atoms with Gasteiger partial charge >= 0.3 is 0 Å². The molecule has 5 nitrogen and oxygen atoms in total. The third-order valence-electron chi connectivity index (χ3n) is 4.66. The van der Waals surface area contributed by atoms with Crippen molar-refractivity contribution in [3.63, 3.8) is 0 Å². The number of rotatable bonds is 5. The Kier molecular flexibility index (Phi) is 4.14. The van der Waals surface area contributed by atoms with Gasteiger partial charge in [0, 0.05) is 41.9 Å². The van der Waals surface area contributed by atoms with E-state index in [0.717, 1.165) is 48.1 Å². The number of ether oxygens (including phenoxy) is 1. The van der Waals surface area contributed by atoms with Crippen LogP contribution in [0.15, 0.2) is 52.2 Å². The van der Waals surface area contributed by atoms with Gasteiger partial charge in [-0.3, -0.25) is 9.98 Å². The number of nitrogens with zero attached hydrogens (tertiary/aromatic N) is 2. The van der Waals surface area contributed by atoms with Crippen molar-refractivity contribution in [3.8, 4) is 17.1 Å². The molecular weight excluding hydrogens is 314 g/mol. The van der Waals surface area contributed by atoms with Gasteiger partial charge in [-0.25, -0.2) is 0 Å². The van der Waals surface area contributed by atoms with Crippen LogP contribution in [0.4, 0.5) is 0 Å². The largest absolute Gasteiger partial charge is 0.493 e. The molecule has 0 bridgehead atoms. The summed E-state index contributed by atoms with van der Waals surface area (Å²) in [6.45, 7) is 3.87. The summed E-state index contributed by atoms with van der Waals surface area (Å²) in [5.41, 5.74) is 4.45. The summed E-state index contributed by atoms with van der Waals surface area (Å²) in [6, 6.07) is 10.2. The Bertz CT molecular complexity index is 870. The van der Waals surface area contributed by atoms with Gasteiger partial charge in [0.2, 0.25) is 0 Å². The van der Waals surface area contributed by atoms with E-state index in [1.165, 1.54) is 11.1 Å². The summed E-state index contributed by atoms with van der Waals surface area (Å²) in [7, 11) is 1.65. The van der Waals surface area contributed by atoms with Crippen LogP contribution in [0, 0.1) is 6.92 Å². The molecule has 1 aromatic rings. The van der Waals surface area contributed by atoms with E-state index in [0.29, 0.717) is 0 Å². The lowest BCUT2D eigenvalue weighted by Crippen LogP contribution is -2.22. The lowest BCUT2D eigenvalue weighted by atomic mass is 9.90. The molecule has 0 aromatic carbocycles. The molecule has 0 spiro atoms. The first-order valence-corrected chi connectivity index (χ1v) is 8.50. The van der Waals surface area contributed by atoms with Crippen LogP contribution < -0.4 is 10.1 Å². The van der Waals surface area contributed by atoms with E-state index >= 15 is 0 Å². The van der Waals surface area contributed by atoms with Crippen molar-refractivity contribution in [2.75, 3.05) is 20.2 Å². The Morgan fingerprint density at radius 2 is 2.24 bits per heavy atom. The molecule has 1 N–H and O–H groups in total. The van der Waals surface area contributed by atoms with Crippen molar-refractivity contribution in [2.45, 2.75) is 19.3 Å². The Morgan fingerprint density at radius 3 is 2.96 bits per heavy atom. The predicted molar refractivity (Wildman–Crippen MR) is 97.6 cm³/mol. The third kappa shape index (κ3) is 2.97. The van der Waals surface area contributed by atoms with Gasteiger partial charge in [-0.2, -0.15) is 0 Å². The molecule has 1 aromatic heterocycles. The SMILES string of the molecule is COc1coc2c(C(CC3=NCCN3)c3ccccn3)c(C)cc-2c1. The summed E-state index contributed by atoms with van der Waals surface area (Å²) in [6.07, 6.45) is 4.29. The number of nitrogens with one attached hydrogen (secondary N) is 1. The summed E-state index contributed by atoms with van der Waals surface area (Å²) in [5, 5.41) is 3.38. The molecule has 2 aliphatic heterocycles. The lowest BCUT2D eigenvalue weighted by molar-refractivity contribution is 0.392. The van der Waals surface area contributed by atoms with Crippen LogP contribution in [0.2, 0.25) is 0 Å². The highest BCUT2D eigenvalue weighted by molar-refractivity contribution is 5.85. The van der Waals surface area contributed by atoms with Gasteiger partial charge in [0.25, 0.3) is 0 Å². The van der Waals surface area contributed by atoms with Crippen molar-refractivity contribution in [1.82, 2.24) is 10.3 Å². The second-order valence-electron chi connectivity index (χ2n) is 6.28. The van der Waals surface area contributed by atoms with Crippen LogP contribution in [0.1, 0.15) is 29.2 Å². The normalized spacial score (nSPS) is 15.0. The molecule has 1 aliphatic carbocycles. The van der Waals surface area contributed by atoms with E-state index in [4.69, 9.17) is 9.15 Å². The first-order valence-electron chi connectivity index (χ1n) is 8.50. The molecule has 0 amide bonds. The number of aryl methyl sites for hydroxylation is 1. The molecule has 3 heterocycles. The van der Waals surface area contributed by atoms with E-state index < -0.39 is 0 Å². The molecule has 1 unspecified atom stereocenters. The fourth-order valence-corrected chi connectivity index (χ4v) is 3.51. The summed E-state index contributed by atoms with van der Waals surface area (Å²) < 4.78 is 11.2. The van der Waals surface area contributed by atoms with Gasteiger partial charge in [-0.1, -0.05) is 6.07 Å². The van der Waals surface area contributed by atoms with E-state index in [2.05, 4.69) is 34.3 Å². The van der Waals surface area contributed by atoms with E-state index in [9.17, 15) is 0 Å². The van der Waals surface area contributed by atoms with Gasteiger partial charge < -0.3 is 14.5 Å². The van der Waals surface area contributed by atoms with Crippen molar-refractivity contribution in [1.29, 1.82) is 0 Å². The topological polar surface area (TPSA) is 59.7 Å². The maximum Gasteiger partial charge on any atom is 0.154 e. The summed E-state index contributed by atoms with van der Waals surface area (Å²) in [4.78, 5) is 9.18. The molecule has 25 heavy (non-hydrogen) atoms. The molecule has 128 valence electrons. The smallest absolute Gasteiger partial charge is 0.154 e. The van der Waals surface area contributed by atoms with Gasteiger partial charge in [0.1, 0.15) is 12.0 Å². The van der Waals surface area contributed by atoms with Gasteiger partial charge in [0.15, 0.2) is 5.75 Å². The van der Waals surface area contributed by atoms with Crippen LogP contribution in [-0.2, 0) is 0 Å². The van der Waals surface area contributed by atoms with Crippen LogP contribution in [0.3, 0.4) is 0 Å². The number of amidine groups is 1. The first kappa shape index (κ1) is 15.7. The highest BCUT2D eigenvalue weighted by Crippen LogP contribution is 2.42. The minimum Gasteiger partial charge on any atom is -0.493 e. The number of pyridine rings is 1. The Morgan fingerprint density at radius 1 is 1.32 bits per heavy atom. The molecular formula is C20H21N3O2. The molecule has 4 rings (SSSR count). The quantitative estimate of drug-likeness (QED) is 0.774. The lowest BCUT2D eigenvalue weighted by Gasteiger charge is -2.18. The zero-order valence-electron chi connectivity index (χ0n) is 14.5. The number of fused-ring (bicyclic) bond motifs is 1. The van der Waals surface area contributed by atoms with Crippen LogP contribution in [0.25, 0.3) is 11.3 Å². The summed E-state index contributed by atoms with van der Waals surface area (Å²) in [5.74, 6) is 2.76. The van der Waals surface area contributed by atoms with Crippen molar-refractivity contribution >= 4 is 5.84 Å². The average Bonchev–Trinajstić information content (AvgIpc) is 3.26. The maximum atomic E-state index is 5.94. The van der Waals surface area contributed by atoms with E-state index in [1.54, 1.807) is 13.4 Å². The zero-order valence-corrected chi connectivity index (χ0v) is 14.5. The Labute approximate surface area is 147 Å². The number of hydrogen-bond donors (Lipinski definition) is 1.